The fourth-order valence-electron chi connectivity index (χ4n) is 2.49. The highest BCUT2D eigenvalue weighted by atomic mass is 16.3. The fourth-order valence-corrected chi connectivity index (χ4v) is 2.49. The first kappa shape index (κ1) is 12.9. The number of nitrogens with zero attached hydrogens (tertiary/aromatic N) is 1. The van der Waals surface area contributed by atoms with Crippen LogP contribution in [0.2, 0.25) is 0 Å². The van der Waals surface area contributed by atoms with E-state index < -0.39 is 0 Å². The summed E-state index contributed by atoms with van der Waals surface area (Å²) >= 11 is 0. The quantitative estimate of drug-likeness (QED) is 0.744. The van der Waals surface area contributed by atoms with E-state index in [2.05, 4.69) is 41.3 Å². The average molecular weight is 269 g/mol. The molecule has 0 spiro atoms. The lowest BCUT2D eigenvalue weighted by Crippen LogP contribution is -2.19. The summed E-state index contributed by atoms with van der Waals surface area (Å²) in [7, 11) is 0. The van der Waals surface area contributed by atoms with Gasteiger partial charge in [0.15, 0.2) is 0 Å². The fraction of sp³-hybridized carbons (Fsp3) is 0.312. The minimum absolute atomic E-state index is 0.184. The maximum atomic E-state index is 5.91. The number of fused-ring (bicyclic) bond motifs is 1. The first-order chi connectivity index (χ1) is 9.79. The summed E-state index contributed by atoms with van der Waals surface area (Å²) in [4.78, 5) is 7.42. The van der Waals surface area contributed by atoms with E-state index in [-0.39, 0.29) is 6.04 Å². The molecular weight excluding hydrogens is 250 g/mol. The SMILES string of the molecule is CCc1oc2ccccc2c1CNC(C)c1ncc[nH]1. The average Bonchev–Trinajstić information content (AvgIpc) is 3.12. The van der Waals surface area contributed by atoms with Gasteiger partial charge in [-0.15, -0.1) is 0 Å². The summed E-state index contributed by atoms with van der Waals surface area (Å²) in [5.74, 6) is 2.01. The van der Waals surface area contributed by atoms with Crippen molar-refractivity contribution in [2.75, 3.05) is 0 Å². The van der Waals surface area contributed by atoms with E-state index in [4.69, 9.17) is 4.42 Å². The van der Waals surface area contributed by atoms with E-state index >= 15 is 0 Å². The molecule has 3 aromatic rings. The molecule has 4 heteroatoms. The van der Waals surface area contributed by atoms with Crippen molar-refractivity contribution in [2.24, 2.45) is 0 Å². The van der Waals surface area contributed by atoms with Crippen molar-refractivity contribution in [3.8, 4) is 0 Å². The Kier molecular flexibility index (Phi) is 3.56. The molecule has 104 valence electrons. The van der Waals surface area contributed by atoms with Crippen LogP contribution in [0.15, 0.2) is 41.1 Å². The standard InChI is InChI=1S/C16H19N3O/c1-3-14-13(12-6-4-5-7-15(12)20-14)10-19-11(2)16-17-8-9-18-16/h4-9,11,19H,3,10H2,1-2H3,(H,17,18). The van der Waals surface area contributed by atoms with E-state index in [9.17, 15) is 0 Å². The van der Waals surface area contributed by atoms with E-state index in [1.54, 1.807) is 6.20 Å². The van der Waals surface area contributed by atoms with Crippen LogP contribution in [-0.2, 0) is 13.0 Å². The van der Waals surface area contributed by atoms with Crippen LogP contribution >= 0.6 is 0 Å². The van der Waals surface area contributed by atoms with Crippen LogP contribution in [0.3, 0.4) is 0 Å². The highest BCUT2D eigenvalue weighted by Crippen LogP contribution is 2.26. The minimum atomic E-state index is 0.184. The Bertz CT molecular complexity index is 685. The molecule has 0 aliphatic rings. The number of hydrogen-bond donors (Lipinski definition) is 2. The van der Waals surface area contributed by atoms with Gasteiger partial charge in [-0.3, -0.25) is 0 Å². The van der Waals surface area contributed by atoms with Gasteiger partial charge in [-0.2, -0.15) is 0 Å². The van der Waals surface area contributed by atoms with Gasteiger partial charge < -0.3 is 14.7 Å². The Balaban J connectivity index is 1.83. The summed E-state index contributed by atoms with van der Waals surface area (Å²) in [5.41, 5.74) is 2.22. The van der Waals surface area contributed by atoms with Crippen LogP contribution in [0, 0.1) is 0 Å². The molecule has 2 aromatic heterocycles. The van der Waals surface area contributed by atoms with Crippen molar-refractivity contribution in [1.29, 1.82) is 0 Å². The van der Waals surface area contributed by atoms with Gasteiger partial charge in [0.1, 0.15) is 17.2 Å². The third kappa shape index (κ3) is 2.34. The van der Waals surface area contributed by atoms with Crippen LogP contribution in [0.1, 0.15) is 37.0 Å². The molecule has 0 aliphatic carbocycles. The predicted octanol–water partition coefficient (Wildman–Crippen LogP) is 3.57. The number of imidazole rings is 1. The van der Waals surface area contributed by atoms with Crippen molar-refractivity contribution in [1.82, 2.24) is 15.3 Å². The molecule has 2 heterocycles. The Morgan fingerprint density at radius 3 is 2.95 bits per heavy atom. The number of aromatic nitrogens is 2. The van der Waals surface area contributed by atoms with Crippen LogP contribution in [0.4, 0.5) is 0 Å². The zero-order valence-corrected chi connectivity index (χ0v) is 11.8. The number of furan rings is 1. The largest absolute Gasteiger partial charge is 0.461 e. The molecule has 0 amide bonds. The van der Waals surface area contributed by atoms with Crippen LogP contribution in [0.25, 0.3) is 11.0 Å². The number of aryl methyl sites for hydroxylation is 1. The minimum Gasteiger partial charge on any atom is -0.461 e. The van der Waals surface area contributed by atoms with Crippen molar-refractivity contribution >= 4 is 11.0 Å². The lowest BCUT2D eigenvalue weighted by molar-refractivity contribution is 0.521. The maximum absolute atomic E-state index is 5.91. The molecular formula is C16H19N3O. The van der Waals surface area contributed by atoms with Gasteiger partial charge in [0.2, 0.25) is 0 Å². The molecule has 0 saturated carbocycles. The smallest absolute Gasteiger partial charge is 0.134 e. The van der Waals surface area contributed by atoms with Crippen molar-refractivity contribution < 1.29 is 4.42 Å². The first-order valence-electron chi connectivity index (χ1n) is 7.01. The number of nitrogens with one attached hydrogen (secondary N) is 2. The monoisotopic (exact) mass is 269 g/mol. The molecule has 1 aromatic carbocycles. The molecule has 1 unspecified atom stereocenters. The number of para-hydroxylation sites is 1. The van der Waals surface area contributed by atoms with E-state index in [0.29, 0.717) is 0 Å². The molecule has 4 nitrogen and oxygen atoms in total. The highest BCUT2D eigenvalue weighted by Gasteiger charge is 2.14. The molecule has 0 aliphatic heterocycles. The van der Waals surface area contributed by atoms with Gasteiger partial charge in [0.25, 0.3) is 0 Å². The molecule has 0 saturated heterocycles. The molecule has 0 bridgehead atoms. The molecule has 0 fully saturated rings. The maximum Gasteiger partial charge on any atom is 0.134 e. The number of H-pyrrole nitrogens is 1. The Hall–Kier alpha value is -2.07. The van der Waals surface area contributed by atoms with E-state index in [0.717, 1.165) is 30.1 Å². The van der Waals surface area contributed by atoms with Crippen LogP contribution < -0.4 is 5.32 Å². The molecule has 1 atom stereocenters. The first-order valence-corrected chi connectivity index (χ1v) is 7.01. The number of aromatic amines is 1. The summed E-state index contributed by atoms with van der Waals surface area (Å²) in [6.45, 7) is 5.01. The second kappa shape index (κ2) is 5.51. The second-order valence-electron chi connectivity index (χ2n) is 4.93. The zero-order valence-electron chi connectivity index (χ0n) is 11.8. The van der Waals surface area contributed by atoms with Crippen molar-refractivity contribution in [3.63, 3.8) is 0 Å². The van der Waals surface area contributed by atoms with Gasteiger partial charge >= 0.3 is 0 Å². The number of benzene rings is 1. The van der Waals surface area contributed by atoms with Gasteiger partial charge in [0, 0.05) is 36.3 Å². The Morgan fingerprint density at radius 1 is 1.35 bits per heavy atom. The Morgan fingerprint density at radius 2 is 2.20 bits per heavy atom. The topological polar surface area (TPSA) is 53.9 Å². The van der Waals surface area contributed by atoms with Crippen molar-refractivity contribution in [2.45, 2.75) is 32.9 Å². The Labute approximate surface area is 118 Å². The highest BCUT2D eigenvalue weighted by molar-refractivity contribution is 5.82. The van der Waals surface area contributed by atoms with Gasteiger partial charge in [-0.1, -0.05) is 25.1 Å². The molecule has 0 radical (unpaired) electrons. The van der Waals surface area contributed by atoms with E-state index in [1.165, 1.54) is 10.9 Å². The number of rotatable bonds is 5. The molecule has 2 N–H and O–H groups in total. The third-order valence-electron chi connectivity index (χ3n) is 3.62. The summed E-state index contributed by atoms with van der Waals surface area (Å²) in [5, 5.41) is 4.70. The summed E-state index contributed by atoms with van der Waals surface area (Å²) < 4.78 is 5.91. The summed E-state index contributed by atoms with van der Waals surface area (Å²) in [6.07, 6.45) is 4.53. The van der Waals surface area contributed by atoms with Crippen LogP contribution in [0.5, 0.6) is 0 Å². The van der Waals surface area contributed by atoms with Gasteiger partial charge in [-0.25, -0.2) is 4.98 Å². The van der Waals surface area contributed by atoms with Crippen molar-refractivity contribution in [3.05, 3.63) is 53.8 Å². The summed E-state index contributed by atoms with van der Waals surface area (Å²) in [6, 6.07) is 8.38. The second-order valence-corrected chi connectivity index (χ2v) is 4.93. The lowest BCUT2D eigenvalue weighted by Gasteiger charge is -2.11. The third-order valence-corrected chi connectivity index (χ3v) is 3.62. The molecule has 3 rings (SSSR count). The predicted molar refractivity (Wildman–Crippen MR) is 79.4 cm³/mol. The van der Waals surface area contributed by atoms with Gasteiger partial charge in [-0.05, 0) is 13.0 Å². The lowest BCUT2D eigenvalue weighted by atomic mass is 10.1. The molecule has 20 heavy (non-hydrogen) atoms. The zero-order chi connectivity index (χ0) is 13.9. The normalized spacial score (nSPS) is 12.9. The van der Waals surface area contributed by atoms with Crippen LogP contribution in [-0.4, -0.2) is 9.97 Å². The number of hydrogen-bond acceptors (Lipinski definition) is 3. The van der Waals surface area contributed by atoms with Gasteiger partial charge in [0.05, 0.1) is 6.04 Å². The van der Waals surface area contributed by atoms with E-state index in [1.807, 2.05) is 18.3 Å².